The number of hydrogen-bond donors (Lipinski definition) is 0. The molecule has 0 saturated carbocycles. The minimum atomic E-state index is 0.424. The van der Waals surface area contributed by atoms with Crippen molar-refractivity contribution in [3.63, 3.8) is 0 Å². The molecule has 0 aliphatic rings. The van der Waals surface area contributed by atoms with Gasteiger partial charge in [-0.25, -0.2) is 0 Å². The molecule has 0 aliphatic heterocycles. The Balaban J connectivity index is 2.99. The van der Waals surface area contributed by atoms with Gasteiger partial charge in [0.1, 0.15) is 5.75 Å². The maximum absolute atomic E-state index is 8.78. The number of unbranched alkanes of at least 4 members (excludes halogenated alkanes) is 4. The van der Waals surface area contributed by atoms with Crippen molar-refractivity contribution in [3.8, 4) is 11.8 Å². The van der Waals surface area contributed by atoms with Crippen LogP contribution in [0.15, 0.2) is 24.3 Å². The molecule has 2 heteroatoms. The van der Waals surface area contributed by atoms with E-state index in [1.54, 1.807) is 6.08 Å². The molecule has 0 amide bonds. The number of hydrogen-bond acceptors (Lipinski definition) is 2. The molecule has 25 heavy (non-hydrogen) atoms. The van der Waals surface area contributed by atoms with Gasteiger partial charge in [-0.1, -0.05) is 78.5 Å². The van der Waals surface area contributed by atoms with Crippen molar-refractivity contribution in [1.82, 2.24) is 0 Å². The average molecular weight is 342 g/mol. The summed E-state index contributed by atoms with van der Waals surface area (Å²) in [4.78, 5) is 0. The van der Waals surface area contributed by atoms with Crippen LogP contribution in [0.5, 0.6) is 5.75 Å². The number of nitrogens with zero attached hydrogens (tertiary/aromatic N) is 1. The average Bonchev–Trinajstić information content (AvgIpc) is 2.58. The zero-order chi connectivity index (χ0) is 18.7. The molecule has 0 bridgehead atoms. The molecule has 2 nitrogen and oxygen atoms in total. The van der Waals surface area contributed by atoms with Crippen molar-refractivity contribution in [2.45, 2.75) is 85.0 Å². The summed E-state index contributed by atoms with van der Waals surface area (Å²) in [5, 5.41) is 8.78. The predicted molar refractivity (Wildman–Crippen MR) is 107 cm³/mol. The second kappa shape index (κ2) is 11.7. The Hall–Kier alpha value is -1.75. The van der Waals surface area contributed by atoms with Gasteiger partial charge in [0.15, 0.2) is 0 Å². The van der Waals surface area contributed by atoms with E-state index in [1.165, 1.54) is 42.4 Å². The van der Waals surface area contributed by atoms with Gasteiger partial charge in [0.2, 0.25) is 0 Å². The SMILES string of the molecule is CCCCCCCOc1c(CC=CC#N)cc(C(C)C)cc1C(C)C. The van der Waals surface area contributed by atoms with Gasteiger partial charge in [-0.15, -0.1) is 0 Å². The number of benzene rings is 1. The van der Waals surface area contributed by atoms with Crippen molar-refractivity contribution in [1.29, 1.82) is 5.26 Å². The first-order valence-corrected chi connectivity index (χ1v) is 9.85. The van der Waals surface area contributed by atoms with Crippen LogP contribution in [0, 0.1) is 11.3 Å². The van der Waals surface area contributed by atoms with Crippen LogP contribution in [0.3, 0.4) is 0 Å². The predicted octanol–water partition coefficient (Wildman–Crippen LogP) is 6.90. The van der Waals surface area contributed by atoms with Gasteiger partial charge >= 0.3 is 0 Å². The third-order valence-electron chi connectivity index (χ3n) is 4.53. The number of ether oxygens (including phenoxy) is 1. The summed E-state index contributed by atoms with van der Waals surface area (Å²) < 4.78 is 6.26. The molecule has 138 valence electrons. The van der Waals surface area contributed by atoms with Gasteiger partial charge < -0.3 is 4.74 Å². The second-order valence-electron chi connectivity index (χ2n) is 7.41. The summed E-state index contributed by atoms with van der Waals surface area (Å²) >= 11 is 0. The third kappa shape index (κ3) is 7.34. The van der Waals surface area contributed by atoms with E-state index in [-0.39, 0.29) is 0 Å². The smallest absolute Gasteiger partial charge is 0.126 e. The zero-order valence-corrected chi connectivity index (χ0v) is 16.8. The lowest BCUT2D eigenvalue weighted by Gasteiger charge is -2.21. The third-order valence-corrected chi connectivity index (χ3v) is 4.53. The van der Waals surface area contributed by atoms with E-state index in [4.69, 9.17) is 10.00 Å². The van der Waals surface area contributed by atoms with Crippen molar-refractivity contribution in [3.05, 3.63) is 41.0 Å². The van der Waals surface area contributed by atoms with Gasteiger partial charge in [0.05, 0.1) is 12.7 Å². The molecule has 0 fully saturated rings. The van der Waals surface area contributed by atoms with Crippen LogP contribution in [-0.2, 0) is 6.42 Å². The Labute approximate surface area is 154 Å². The molecule has 0 atom stereocenters. The summed E-state index contributed by atoms with van der Waals surface area (Å²) in [6, 6.07) is 6.64. The summed E-state index contributed by atoms with van der Waals surface area (Å²) in [6.45, 7) is 11.9. The highest BCUT2D eigenvalue weighted by Crippen LogP contribution is 2.34. The molecule has 1 aromatic carbocycles. The lowest BCUT2D eigenvalue weighted by Crippen LogP contribution is -2.06. The molecule has 1 rings (SSSR count). The standard InChI is InChI=1S/C23H35NO/c1-6-7-8-9-12-15-25-23-20(13-10-11-14-24)16-21(18(2)3)17-22(23)19(4)5/h10-11,16-19H,6-9,12-13,15H2,1-5H3. The topological polar surface area (TPSA) is 33.0 Å². The molecule has 0 radical (unpaired) electrons. The first-order chi connectivity index (χ1) is 12.0. The Bertz CT molecular complexity index is 578. The van der Waals surface area contributed by atoms with Gasteiger partial charge in [-0.05, 0) is 41.4 Å². The summed E-state index contributed by atoms with van der Waals surface area (Å²) in [6.07, 6.45) is 10.5. The van der Waals surface area contributed by atoms with E-state index in [0.29, 0.717) is 11.8 Å². The largest absolute Gasteiger partial charge is 0.493 e. The van der Waals surface area contributed by atoms with Gasteiger partial charge in [-0.2, -0.15) is 5.26 Å². The van der Waals surface area contributed by atoms with E-state index in [9.17, 15) is 0 Å². The first kappa shape index (κ1) is 21.3. The fourth-order valence-electron chi connectivity index (χ4n) is 2.95. The highest BCUT2D eigenvalue weighted by atomic mass is 16.5. The molecule has 0 heterocycles. The quantitative estimate of drug-likeness (QED) is 0.324. The molecule has 0 saturated heterocycles. The molecule has 0 aliphatic carbocycles. The Morgan fingerprint density at radius 3 is 2.36 bits per heavy atom. The van der Waals surface area contributed by atoms with E-state index in [2.05, 4.69) is 52.8 Å². The highest BCUT2D eigenvalue weighted by molar-refractivity contribution is 5.48. The van der Waals surface area contributed by atoms with E-state index in [0.717, 1.165) is 25.2 Å². The highest BCUT2D eigenvalue weighted by Gasteiger charge is 2.16. The van der Waals surface area contributed by atoms with Crippen LogP contribution >= 0.6 is 0 Å². The maximum atomic E-state index is 8.78. The molecule has 0 aromatic heterocycles. The number of allylic oxidation sites excluding steroid dienone is 2. The second-order valence-corrected chi connectivity index (χ2v) is 7.41. The maximum Gasteiger partial charge on any atom is 0.126 e. The molecular weight excluding hydrogens is 306 g/mol. The molecule has 0 unspecified atom stereocenters. The normalized spacial score (nSPS) is 11.4. The van der Waals surface area contributed by atoms with E-state index in [1.807, 2.05) is 6.08 Å². The van der Waals surface area contributed by atoms with Gasteiger partial charge in [0, 0.05) is 6.08 Å². The monoisotopic (exact) mass is 341 g/mol. The van der Waals surface area contributed by atoms with Crippen molar-refractivity contribution >= 4 is 0 Å². The van der Waals surface area contributed by atoms with Crippen LogP contribution in [0.25, 0.3) is 0 Å². The van der Waals surface area contributed by atoms with E-state index >= 15 is 0 Å². The Kier molecular flexibility index (Phi) is 10.0. The van der Waals surface area contributed by atoms with Crippen LogP contribution in [0.4, 0.5) is 0 Å². The van der Waals surface area contributed by atoms with Crippen LogP contribution < -0.4 is 4.74 Å². The molecular formula is C23H35NO. The fraction of sp³-hybridized carbons (Fsp3) is 0.609. The minimum absolute atomic E-state index is 0.424. The van der Waals surface area contributed by atoms with Crippen molar-refractivity contribution < 1.29 is 4.74 Å². The lowest BCUT2D eigenvalue weighted by atomic mass is 9.91. The molecule has 0 N–H and O–H groups in total. The lowest BCUT2D eigenvalue weighted by molar-refractivity contribution is 0.298. The van der Waals surface area contributed by atoms with Crippen LogP contribution in [-0.4, -0.2) is 6.61 Å². The van der Waals surface area contributed by atoms with Gasteiger partial charge in [-0.3, -0.25) is 0 Å². The summed E-state index contributed by atoms with van der Waals surface area (Å²) in [5.41, 5.74) is 3.84. The van der Waals surface area contributed by atoms with Crippen LogP contribution in [0.2, 0.25) is 0 Å². The van der Waals surface area contributed by atoms with Gasteiger partial charge in [0.25, 0.3) is 0 Å². The first-order valence-electron chi connectivity index (χ1n) is 9.85. The Morgan fingerprint density at radius 1 is 1.04 bits per heavy atom. The van der Waals surface area contributed by atoms with Crippen LogP contribution in [0.1, 0.15) is 95.2 Å². The Morgan fingerprint density at radius 2 is 1.76 bits per heavy atom. The number of nitriles is 1. The summed E-state index contributed by atoms with van der Waals surface area (Å²) in [5.74, 6) is 1.95. The van der Waals surface area contributed by atoms with Crippen molar-refractivity contribution in [2.24, 2.45) is 0 Å². The molecule has 1 aromatic rings. The summed E-state index contributed by atoms with van der Waals surface area (Å²) in [7, 11) is 0. The number of rotatable bonds is 11. The van der Waals surface area contributed by atoms with E-state index < -0.39 is 0 Å². The zero-order valence-electron chi connectivity index (χ0n) is 16.8. The fourth-order valence-corrected chi connectivity index (χ4v) is 2.95. The van der Waals surface area contributed by atoms with Crippen molar-refractivity contribution in [2.75, 3.05) is 6.61 Å². The minimum Gasteiger partial charge on any atom is -0.493 e. The molecule has 0 spiro atoms.